The topological polar surface area (TPSA) is 72.6 Å². The second kappa shape index (κ2) is 6.29. The summed E-state index contributed by atoms with van der Waals surface area (Å²) in [5.74, 6) is -0.516. The molecule has 1 aromatic rings. The highest BCUT2D eigenvalue weighted by Crippen LogP contribution is 2.29. The number of nitrogens with two attached hydrogens (primary N) is 1. The summed E-state index contributed by atoms with van der Waals surface area (Å²) < 4.78 is 45.8. The highest BCUT2D eigenvalue weighted by molar-refractivity contribution is 7.89. The molecule has 1 heterocycles. The normalized spacial score (nSPS) is 22.0. The van der Waals surface area contributed by atoms with E-state index in [1.807, 2.05) is 0 Å². The van der Waals surface area contributed by atoms with Crippen molar-refractivity contribution in [2.24, 2.45) is 5.73 Å². The molecule has 0 amide bonds. The van der Waals surface area contributed by atoms with Gasteiger partial charge in [-0.2, -0.15) is 4.31 Å². The van der Waals surface area contributed by atoms with E-state index in [0.717, 1.165) is 18.9 Å². The number of nitrogens with zero attached hydrogens (tertiary/aromatic N) is 1. The van der Waals surface area contributed by atoms with Crippen molar-refractivity contribution in [1.29, 1.82) is 0 Å². The van der Waals surface area contributed by atoms with Gasteiger partial charge in [-0.15, -0.1) is 0 Å². The predicted molar refractivity (Wildman–Crippen MR) is 78.1 cm³/mol. The Morgan fingerprint density at radius 1 is 1.43 bits per heavy atom. The van der Waals surface area contributed by atoms with Gasteiger partial charge in [0.25, 0.3) is 0 Å². The molecule has 2 atom stereocenters. The highest BCUT2D eigenvalue weighted by atomic mass is 32.2. The van der Waals surface area contributed by atoms with Crippen molar-refractivity contribution in [1.82, 2.24) is 4.31 Å². The Labute approximate surface area is 124 Å². The van der Waals surface area contributed by atoms with E-state index in [9.17, 15) is 12.8 Å². The van der Waals surface area contributed by atoms with Gasteiger partial charge in [0.15, 0.2) is 0 Å². The number of rotatable bonds is 4. The van der Waals surface area contributed by atoms with Crippen LogP contribution in [0.1, 0.15) is 26.2 Å². The van der Waals surface area contributed by atoms with Crippen molar-refractivity contribution < 1.29 is 17.5 Å². The van der Waals surface area contributed by atoms with Crippen LogP contribution in [0.2, 0.25) is 0 Å². The minimum Gasteiger partial charge on any atom is -0.497 e. The zero-order chi connectivity index (χ0) is 15.6. The van der Waals surface area contributed by atoms with Crippen LogP contribution in [0.3, 0.4) is 0 Å². The number of hydrogen-bond acceptors (Lipinski definition) is 4. The van der Waals surface area contributed by atoms with Gasteiger partial charge in [0, 0.05) is 24.7 Å². The summed E-state index contributed by atoms with van der Waals surface area (Å²) >= 11 is 0. The summed E-state index contributed by atoms with van der Waals surface area (Å²) in [6.07, 6.45) is 2.40. The van der Waals surface area contributed by atoms with E-state index >= 15 is 0 Å². The van der Waals surface area contributed by atoms with Crippen LogP contribution in [-0.4, -0.2) is 38.5 Å². The van der Waals surface area contributed by atoms with Crippen LogP contribution in [0.15, 0.2) is 23.1 Å². The average Bonchev–Trinajstić information content (AvgIpc) is 2.46. The molecule has 0 spiro atoms. The molecule has 118 valence electrons. The summed E-state index contributed by atoms with van der Waals surface area (Å²) in [5.41, 5.74) is 5.90. The lowest BCUT2D eigenvalue weighted by Gasteiger charge is -2.36. The van der Waals surface area contributed by atoms with E-state index in [0.29, 0.717) is 13.0 Å². The standard InChI is InChI=1S/C14H21FN2O3S/c1-10(16)13-5-3-4-8-17(13)21(18,19)14-7-6-11(20-2)9-12(14)15/h6-7,9-10,13H,3-5,8,16H2,1-2H3. The maximum Gasteiger partial charge on any atom is 0.246 e. The molecule has 21 heavy (non-hydrogen) atoms. The smallest absolute Gasteiger partial charge is 0.246 e. The van der Waals surface area contributed by atoms with Crippen LogP contribution in [0.25, 0.3) is 0 Å². The fourth-order valence-corrected chi connectivity index (χ4v) is 4.52. The van der Waals surface area contributed by atoms with Crippen molar-refractivity contribution in [3.05, 3.63) is 24.0 Å². The highest BCUT2D eigenvalue weighted by Gasteiger charge is 2.36. The molecule has 2 unspecified atom stereocenters. The fraction of sp³-hybridized carbons (Fsp3) is 0.571. The Bertz CT molecular complexity index is 604. The quantitative estimate of drug-likeness (QED) is 0.918. The third-order valence-electron chi connectivity index (χ3n) is 3.83. The zero-order valence-corrected chi connectivity index (χ0v) is 13.1. The average molecular weight is 316 g/mol. The van der Waals surface area contributed by atoms with Crippen LogP contribution >= 0.6 is 0 Å². The molecule has 1 aromatic carbocycles. The second-order valence-electron chi connectivity index (χ2n) is 5.33. The first kappa shape index (κ1) is 16.2. The molecule has 0 saturated carbocycles. The summed E-state index contributed by atoms with van der Waals surface area (Å²) in [6.45, 7) is 2.16. The molecule has 1 aliphatic heterocycles. The van der Waals surface area contributed by atoms with E-state index in [1.165, 1.54) is 23.5 Å². The molecule has 1 fully saturated rings. The van der Waals surface area contributed by atoms with Gasteiger partial charge in [-0.05, 0) is 31.9 Å². The summed E-state index contributed by atoms with van der Waals surface area (Å²) in [6, 6.07) is 3.20. The van der Waals surface area contributed by atoms with E-state index in [-0.39, 0.29) is 22.7 Å². The first-order valence-electron chi connectivity index (χ1n) is 6.99. The van der Waals surface area contributed by atoms with Crippen LogP contribution in [0.4, 0.5) is 4.39 Å². The number of hydrogen-bond donors (Lipinski definition) is 1. The number of piperidine rings is 1. The summed E-state index contributed by atoms with van der Waals surface area (Å²) in [5, 5.41) is 0. The van der Waals surface area contributed by atoms with Crippen LogP contribution < -0.4 is 10.5 Å². The van der Waals surface area contributed by atoms with Crippen LogP contribution in [0, 0.1) is 5.82 Å². The molecule has 0 aromatic heterocycles. The Morgan fingerprint density at radius 3 is 2.71 bits per heavy atom. The molecule has 0 radical (unpaired) electrons. The molecule has 7 heteroatoms. The van der Waals surface area contributed by atoms with E-state index in [4.69, 9.17) is 10.5 Å². The lowest BCUT2D eigenvalue weighted by molar-refractivity contribution is 0.226. The Morgan fingerprint density at radius 2 is 2.14 bits per heavy atom. The van der Waals surface area contributed by atoms with Gasteiger partial charge in [-0.25, -0.2) is 12.8 Å². The van der Waals surface area contributed by atoms with Crippen molar-refractivity contribution in [2.75, 3.05) is 13.7 Å². The minimum absolute atomic E-state index is 0.286. The van der Waals surface area contributed by atoms with Crippen molar-refractivity contribution in [3.8, 4) is 5.75 Å². The molecule has 1 aliphatic rings. The second-order valence-corrected chi connectivity index (χ2v) is 7.19. The van der Waals surface area contributed by atoms with Gasteiger partial charge in [0.2, 0.25) is 10.0 Å². The molecule has 5 nitrogen and oxygen atoms in total. The molecule has 2 N–H and O–H groups in total. The maximum absolute atomic E-state index is 14.1. The zero-order valence-electron chi connectivity index (χ0n) is 12.3. The third-order valence-corrected chi connectivity index (χ3v) is 5.79. The van der Waals surface area contributed by atoms with Gasteiger partial charge in [0.05, 0.1) is 7.11 Å². The Hall–Kier alpha value is -1.18. The van der Waals surface area contributed by atoms with Crippen molar-refractivity contribution >= 4 is 10.0 Å². The number of ether oxygens (including phenoxy) is 1. The molecule has 2 rings (SSSR count). The molecular weight excluding hydrogens is 295 g/mol. The predicted octanol–water partition coefficient (Wildman–Crippen LogP) is 1.72. The lowest BCUT2D eigenvalue weighted by Crippen LogP contribution is -2.51. The largest absolute Gasteiger partial charge is 0.497 e. The molecule has 0 bridgehead atoms. The van der Waals surface area contributed by atoms with Crippen molar-refractivity contribution in [3.63, 3.8) is 0 Å². The number of halogens is 1. The minimum atomic E-state index is -3.89. The van der Waals surface area contributed by atoms with Crippen LogP contribution in [-0.2, 0) is 10.0 Å². The van der Waals surface area contributed by atoms with Crippen LogP contribution in [0.5, 0.6) is 5.75 Å². The SMILES string of the molecule is COc1ccc(S(=O)(=O)N2CCCCC2C(C)N)c(F)c1. The Balaban J connectivity index is 2.40. The third kappa shape index (κ3) is 3.20. The van der Waals surface area contributed by atoms with E-state index < -0.39 is 15.8 Å². The summed E-state index contributed by atoms with van der Waals surface area (Å²) in [7, 11) is -2.49. The lowest BCUT2D eigenvalue weighted by atomic mass is 10.00. The van der Waals surface area contributed by atoms with E-state index in [2.05, 4.69) is 0 Å². The maximum atomic E-state index is 14.1. The van der Waals surface area contributed by atoms with Gasteiger partial charge < -0.3 is 10.5 Å². The summed E-state index contributed by atoms with van der Waals surface area (Å²) in [4.78, 5) is -0.323. The van der Waals surface area contributed by atoms with Crippen molar-refractivity contribution in [2.45, 2.75) is 43.2 Å². The van der Waals surface area contributed by atoms with Gasteiger partial charge >= 0.3 is 0 Å². The number of benzene rings is 1. The first-order chi connectivity index (χ1) is 9.87. The van der Waals surface area contributed by atoms with Gasteiger partial charge in [0.1, 0.15) is 16.5 Å². The van der Waals surface area contributed by atoms with E-state index in [1.54, 1.807) is 6.92 Å². The number of methoxy groups -OCH3 is 1. The van der Waals surface area contributed by atoms with Gasteiger partial charge in [-0.1, -0.05) is 6.42 Å². The molecule has 0 aliphatic carbocycles. The fourth-order valence-electron chi connectivity index (χ4n) is 2.70. The molecular formula is C14H21FN2O3S. The van der Waals surface area contributed by atoms with Gasteiger partial charge in [-0.3, -0.25) is 0 Å². The Kier molecular flexibility index (Phi) is 4.85. The number of sulfonamides is 1. The first-order valence-corrected chi connectivity index (χ1v) is 8.43. The molecule has 1 saturated heterocycles. The monoisotopic (exact) mass is 316 g/mol.